The number of rotatable bonds is 4. The molecule has 0 spiro atoms. The smallest absolute Gasteiger partial charge is 0.331 e. The van der Waals surface area contributed by atoms with E-state index in [0.717, 1.165) is 42.4 Å². The maximum atomic E-state index is 14.9. The van der Waals surface area contributed by atoms with Crippen LogP contribution in [0.15, 0.2) is 54.1 Å². The zero-order valence-corrected chi connectivity index (χ0v) is 17.9. The molecule has 0 heterocycles. The first-order valence-corrected chi connectivity index (χ1v) is 10.5. The first kappa shape index (κ1) is 21.8. The van der Waals surface area contributed by atoms with E-state index in [1.165, 1.54) is 30.2 Å². The number of carbonyl (C=O) groups excluding carboxylic acids is 1. The maximum Gasteiger partial charge on any atom is 0.331 e. The minimum Gasteiger partial charge on any atom is -0.508 e. The van der Waals surface area contributed by atoms with Crippen molar-refractivity contribution in [1.82, 2.24) is 0 Å². The lowest BCUT2D eigenvalue weighted by Crippen LogP contribution is -2.22. The summed E-state index contributed by atoms with van der Waals surface area (Å²) < 4.78 is 20.1. The van der Waals surface area contributed by atoms with Gasteiger partial charge in [-0.3, -0.25) is 0 Å². The summed E-state index contributed by atoms with van der Waals surface area (Å²) in [4.78, 5) is 11.9. The molecule has 1 aliphatic rings. The van der Waals surface area contributed by atoms with Crippen LogP contribution in [0, 0.1) is 5.82 Å². The number of allylic oxidation sites excluding steroid dienone is 1. The highest BCUT2D eigenvalue weighted by Gasteiger charge is 2.17. The van der Waals surface area contributed by atoms with Crippen LogP contribution in [0.5, 0.6) is 5.75 Å². The van der Waals surface area contributed by atoms with Gasteiger partial charge in [-0.05, 0) is 87.4 Å². The minimum atomic E-state index is -0.588. The van der Waals surface area contributed by atoms with E-state index in [1.807, 2.05) is 18.2 Å². The molecule has 30 heavy (non-hydrogen) atoms. The largest absolute Gasteiger partial charge is 0.508 e. The van der Waals surface area contributed by atoms with Crippen molar-refractivity contribution in [1.29, 1.82) is 0 Å². The van der Waals surface area contributed by atoms with Gasteiger partial charge in [0.15, 0.2) is 0 Å². The van der Waals surface area contributed by atoms with Gasteiger partial charge in [-0.25, -0.2) is 9.18 Å². The van der Waals surface area contributed by atoms with Gasteiger partial charge < -0.3 is 9.84 Å². The van der Waals surface area contributed by atoms with Gasteiger partial charge in [0, 0.05) is 11.6 Å². The summed E-state index contributed by atoms with van der Waals surface area (Å²) in [6, 6.07) is 12.2. The summed E-state index contributed by atoms with van der Waals surface area (Å²) in [6.45, 7) is 5.37. The molecule has 0 unspecified atom stereocenters. The number of hydrogen-bond acceptors (Lipinski definition) is 3. The lowest BCUT2D eigenvalue weighted by molar-refractivity contribution is -0.148. The van der Waals surface area contributed by atoms with Crippen molar-refractivity contribution in [2.24, 2.45) is 0 Å². The number of phenols is 1. The Morgan fingerprint density at radius 3 is 2.23 bits per heavy atom. The lowest BCUT2D eigenvalue weighted by atomic mass is 9.85. The third kappa shape index (κ3) is 5.82. The van der Waals surface area contributed by atoms with Gasteiger partial charge in [-0.2, -0.15) is 0 Å². The topological polar surface area (TPSA) is 46.5 Å². The Kier molecular flexibility index (Phi) is 6.76. The molecule has 1 saturated carbocycles. The van der Waals surface area contributed by atoms with Crippen molar-refractivity contribution in [3.8, 4) is 5.75 Å². The predicted molar refractivity (Wildman–Crippen MR) is 118 cm³/mol. The summed E-state index contributed by atoms with van der Waals surface area (Å²) >= 11 is 0. The zero-order chi connectivity index (χ0) is 21.7. The van der Waals surface area contributed by atoms with E-state index in [9.17, 15) is 14.3 Å². The maximum absolute atomic E-state index is 14.9. The van der Waals surface area contributed by atoms with Crippen molar-refractivity contribution >= 4 is 17.6 Å². The first-order chi connectivity index (χ1) is 14.2. The summed E-state index contributed by atoms with van der Waals surface area (Å²) in [5, 5.41) is 9.65. The summed E-state index contributed by atoms with van der Waals surface area (Å²) in [6.07, 6.45) is 8.18. The van der Waals surface area contributed by atoms with Gasteiger partial charge in [0.25, 0.3) is 0 Å². The molecule has 1 aliphatic carbocycles. The number of esters is 1. The predicted octanol–water partition coefficient (Wildman–Crippen LogP) is 6.65. The van der Waals surface area contributed by atoms with Crippen LogP contribution in [0.2, 0.25) is 0 Å². The van der Waals surface area contributed by atoms with Crippen molar-refractivity contribution in [3.05, 3.63) is 76.6 Å². The first-order valence-electron chi connectivity index (χ1n) is 10.5. The summed E-state index contributed by atoms with van der Waals surface area (Å²) in [5.74, 6) is -0.680. The second-order valence-corrected chi connectivity index (χ2v) is 8.69. The summed E-state index contributed by atoms with van der Waals surface area (Å²) in [7, 11) is 0. The van der Waals surface area contributed by atoms with E-state index in [-0.39, 0.29) is 11.6 Å². The minimum absolute atomic E-state index is 0.209. The van der Waals surface area contributed by atoms with Crippen molar-refractivity contribution in [2.75, 3.05) is 0 Å². The Hall–Kier alpha value is -2.88. The van der Waals surface area contributed by atoms with Crippen molar-refractivity contribution < 1.29 is 19.0 Å². The number of ether oxygens (including phenoxy) is 1. The lowest BCUT2D eigenvalue weighted by Gasteiger charge is -2.20. The normalized spacial score (nSPS) is 14.7. The van der Waals surface area contributed by atoms with Crippen LogP contribution in [0.4, 0.5) is 4.39 Å². The number of phenolic OH excluding ortho intramolecular Hbond substituents is 1. The highest BCUT2D eigenvalue weighted by atomic mass is 19.1. The molecule has 0 radical (unpaired) electrons. The number of aromatic hydroxyl groups is 1. The van der Waals surface area contributed by atoms with Crippen LogP contribution in [-0.2, 0) is 9.53 Å². The molecule has 2 aromatic carbocycles. The SMILES string of the molecule is CC(C)(C)OC(=O)/C=C/c1ccc(C(=C2CCCCC2)c2ccc(O)cc2)cc1F. The van der Waals surface area contributed by atoms with E-state index in [0.29, 0.717) is 5.56 Å². The summed E-state index contributed by atoms with van der Waals surface area (Å²) in [5.41, 5.74) is 3.89. The molecule has 0 amide bonds. The molecule has 158 valence electrons. The molecule has 2 aromatic rings. The molecule has 0 aliphatic heterocycles. The molecule has 1 fully saturated rings. The van der Waals surface area contributed by atoms with Gasteiger partial charge in [-0.15, -0.1) is 0 Å². The molecular formula is C26H29FO3. The third-order valence-corrected chi connectivity index (χ3v) is 5.06. The van der Waals surface area contributed by atoms with Crippen LogP contribution >= 0.6 is 0 Å². The Labute approximate surface area is 177 Å². The van der Waals surface area contributed by atoms with Gasteiger partial charge in [-0.1, -0.05) is 36.3 Å². The number of benzene rings is 2. The molecule has 0 atom stereocenters. The molecule has 0 bridgehead atoms. The van der Waals surface area contributed by atoms with Crippen LogP contribution in [0.25, 0.3) is 11.6 Å². The van der Waals surface area contributed by atoms with E-state index in [2.05, 4.69) is 0 Å². The van der Waals surface area contributed by atoms with Crippen molar-refractivity contribution in [2.45, 2.75) is 58.5 Å². The van der Waals surface area contributed by atoms with E-state index in [1.54, 1.807) is 39.0 Å². The molecule has 4 heteroatoms. The highest BCUT2D eigenvalue weighted by Crippen LogP contribution is 2.36. The second kappa shape index (κ2) is 9.29. The Bertz CT molecular complexity index is 955. The Morgan fingerprint density at radius 2 is 1.63 bits per heavy atom. The van der Waals surface area contributed by atoms with Crippen LogP contribution in [0.1, 0.15) is 69.6 Å². The van der Waals surface area contributed by atoms with E-state index in [4.69, 9.17) is 4.74 Å². The number of halogens is 1. The molecule has 3 nitrogen and oxygen atoms in total. The standard InChI is InChI=1S/C26H29FO3/c1-26(2,3)30-24(29)16-13-18-9-10-21(17-23(18)27)25(19-7-5-4-6-8-19)20-11-14-22(28)15-12-20/h9-17,28H,4-8H2,1-3H3/b16-13+. The van der Waals surface area contributed by atoms with Crippen LogP contribution < -0.4 is 0 Å². The van der Waals surface area contributed by atoms with E-state index >= 15 is 0 Å². The Balaban J connectivity index is 1.93. The fourth-order valence-corrected chi connectivity index (χ4v) is 3.74. The van der Waals surface area contributed by atoms with Gasteiger partial charge in [0.1, 0.15) is 17.2 Å². The van der Waals surface area contributed by atoms with E-state index < -0.39 is 11.6 Å². The van der Waals surface area contributed by atoms with Gasteiger partial charge in [0.05, 0.1) is 0 Å². The molecule has 3 rings (SSSR count). The van der Waals surface area contributed by atoms with Crippen LogP contribution in [-0.4, -0.2) is 16.7 Å². The quantitative estimate of drug-likeness (QED) is 0.455. The Morgan fingerprint density at radius 1 is 1.00 bits per heavy atom. The molecule has 0 saturated heterocycles. The fourth-order valence-electron chi connectivity index (χ4n) is 3.74. The van der Waals surface area contributed by atoms with Gasteiger partial charge >= 0.3 is 5.97 Å². The zero-order valence-electron chi connectivity index (χ0n) is 17.9. The number of hydrogen-bond donors (Lipinski definition) is 1. The van der Waals surface area contributed by atoms with Crippen LogP contribution in [0.3, 0.4) is 0 Å². The number of carbonyl (C=O) groups is 1. The second-order valence-electron chi connectivity index (χ2n) is 8.69. The molecular weight excluding hydrogens is 379 g/mol. The monoisotopic (exact) mass is 408 g/mol. The fraction of sp³-hybridized carbons (Fsp3) is 0.346. The molecule has 1 N–H and O–H groups in total. The van der Waals surface area contributed by atoms with Gasteiger partial charge in [0.2, 0.25) is 0 Å². The highest BCUT2D eigenvalue weighted by molar-refractivity contribution is 5.88. The average molecular weight is 409 g/mol. The van der Waals surface area contributed by atoms with Crippen molar-refractivity contribution in [3.63, 3.8) is 0 Å². The molecule has 0 aromatic heterocycles. The third-order valence-electron chi connectivity index (χ3n) is 5.06. The average Bonchev–Trinajstić information content (AvgIpc) is 2.68.